The van der Waals surface area contributed by atoms with Gasteiger partial charge in [-0.05, 0) is 42.5 Å². The average molecular weight is 548 g/mol. The molecule has 0 saturated carbocycles. The lowest BCUT2D eigenvalue weighted by Crippen LogP contribution is -2.21. The predicted molar refractivity (Wildman–Crippen MR) is 146 cm³/mol. The summed E-state index contributed by atoms with van der Waals surface area (Å²) in [5.74, 6) is 5.36. The van der Waals surface area contributed by atoms with Gasteiger partial charge in [0.25, 0.3) is 11.3 Å². The van der Waals surface area contributed by atoms with Crippen molar-refractivity contribution < 1.29 is 32.9 Å². The van der Waals surface area contributed by atoms with Crippen LogP contribution in [0.3, 0.4) is 0 Å². The smallest absolute Gasteiger partial charge is 0.354 e. The van der Waals surface area contributed by atoms with Gasteiger partial charge in [0.15, 0.2) is 0 Å². The Morgan fingerprint density at radius 2 is 1.74 bits per heavy atom. The number of rotatable bonds is 11. The Kier molecular flexibility index (Phi) is 9.55. The van der Waals surface area contributed by atoms with Crippen molar-refractivity contribution in [2.24, 2.45) is 0 Å². The maximum Gasteiger partial charge on any atom is 0.354 e. The van der Waals surface area contributed by atoms with Crippen LogP contribution in [-0.2, 0) is 20.7 Å². The monoisotopic (exact) mass is 547 g/mol. The Morgan fingerprint density at radius 1 is 0.949 bits per heavy atom. The molecule has 1 unspecified atom stereocenters. The van der Waals surface area contributed by atoms with Crippen LogP contribution in [0, 0.1) is 11.8 Å². The van der Waals surface area contributed by atoms with Gasteiger partial charge in [0.1, 0.15) is 18.1 Å². The number of hydrogen-bond donors (Lipinski definition) is 2. The number of benzene rings is 2. The zero-order valence-corrected chi connectivity index (χ0v) is 21.8. The molecule has 10 nitrogen and oxygen atoms in total. The van der Waals surface area contributed by atoms with E-state index in [4.69, 9.17) is 19.3 Å². The second kappa shape index (κ2) is 13.5. The number of methoxy groups -OCH3 is 1. The van der Waals surface area contributed by atoms with Gasteiger partial charge in [-0.15, -0.1) is 0 Å². The summed E-state index contributed by atoms with van der Waals surface area (Å²) in [5, 5.41) is 9.70. The van der Waals surface area contributed by atoms with Gasteiger partial charge in [-0.3, -0.25) is 9.54 Å². The Morgan fingerprint density at radius 3 is 2.49 bits per heavy atom. The number of ether oxygens (including phenoxy) is 3. The molecule has 0 aliphatic carbocycles. The molecule has 0 fully saturated rings. The van der Waals surface area contributed by atoms with Gasteiger partial charge in [0.05, 0.1) is 36.7 Å². The molecule has 1 atom stereocenters. The highest BCUT2D eigenvalue weighted by Gasteiger charge is 2.21. The molecule has 0 aliphatic rings. The molecule has 2 N–H and O–H groups in total. The van der Waals surface area contributed by atoms with Crippen molar-refractivity contribution in [3.05, 3.63) is 89.9 Å². The van der Waals surface area contributed by atoms with Crippen molar-refractivity contribution in [1.82, 2.24) is 9.97 Å². The minimum absolute atomic E-state index is 0.0896. The summed E-state index contributed by atoms with van der Waals surface area (Å²) in [7, 11) is 1.60. The van der Waals surface area contributed by atoms with Crippen LogP contribution in [0.4, 0.5) is 11.4 Å². The van der Waals surface area contributed by atoms with E-state index in [1.807, 2.05) is 6.07 Å². The Hall–Kier alpha value is -4.34. The van der Waals surface area contributed by atoms with E-state index in [1.165, 1.54) is 16.6 Å². The van der Waals surface area contributed by atoms with Crippen LogP contribution >= 0.6 is 0 Å². The fourth-order valence-corrected chi connectivity index (χ4v) is 4.31. The highest BCUT2D eigenvalue weighted by atomic mass is 32.2. The van der Waals surface area contributed by atoms with E-state index in [-0.39, 0.29) is 5.69 Å². The number of aromatic nitrogens is 2. The third kappa shape index (κ3) is 6.95. The number of fused-ring (bicyclic) bond motifs is 1. The standard InChI is InChI=1S/C28H25N3O7S/c1-36-15-16-37-17-18-38-26-13-14-29-27-22(26)6-4-8-25(27)31(39(34)35)24-7-3-2-5-21(24)11-9-20-10-12-23(28(32)33)30-19-20/h2-8,10,12-14,19H,15-18H2,1H3,(H,32,33)(H,34,35). The molecule has 4 rings (SSSR count). The SMILES string of the molecule is COCCOCCOc1ccnc2c(N(c3ccccc3C#Cc3ccc(C(=O)O)nc3)S(=O)O)cccc12. The van der Waals surface area contributed by atoms with Gasteiger partial charge < -0.3 is 19.3 Å². The number of aromatic carboxylic acids is 1. The summed E-state index contributed by atoms with van der Waals surface area (Å²) in [6.45, 7) is 1.64. The number of carbonyl (C=O) groups is 1. The summed E-state index contributed by atoms with van der Waals surface area (Å²) in [6.07, 6.45) is 2.94. The van der Waals surface area contributed by atoms with E-state index in [2.05, 4.69) is 21.8 Å². The van der Waals surface area contributed by atoms with E-state index in [1.54, 1.807) is 61.8 Å². The molecule has 0 radical (unpaired) electrons. The largest absolute Gasteiger partial charge is 0.490 e. The Balaban J connectivity index is 1.67. The molecule has 0 aliphatic heterocycles. The summed E-state index contributed by atoms with van der Waals surface area (Å²) < 4.78 is 40.6. The molecule has 200 valence electrons. The lowest BCUT2D eigenvalue weighted by atomic mass is 10.1. The van der Waals surface area contributed by atoms with Gasteiger partial charge in [0, 0.05) is 36.0 Å². The van der Waals surface area contributed by atoms with Crippen LogP contribution in [0.1, 0.15) is 21.6 Å². The zero-order chi connectivity index (χ0) is 27.6. The first-order valence-corrected chi connectivity index (χ1v) is 12.8. The van der Waals surface area contributed by atoms with Crippen molar-refractivity contribution in [2.75, 3.05) is 37.8 Å². The summed E-state index contributed by atoms with van der Waals surface area (Å²) >= 11 is -2.47. The van der Waals surface area contributed by atoms with Gasteiger partial charge in [-0.1, -0.05) is 30.0 Å². The highest BCUT2D eigenvalue weighted by molar-refractivity contribution is 7.81. The van der Waals surface area contributed by atoms with Crippen LogP contribution in [0.15, 0.2) is 73.1 Å². The summed E-state index contributed by atoms with van der Waals surface area (Å²) in [4.78, 5) is 19.4. The number of pyridine rings is 2. The van der Waals surface area contributed by atoms with E-state index < -0.39 is 17.2 Å². The number of hydrogen-bond acceptors (Lipinski definition) is 7. The minimum atomic E-state index is -2.47. The van der Waals surface area contributed by atoms with Crippen LogP contribution < -0.4 is 9.04 Å². The molecule has 2 aromatic carbocycles. The second-order valence-corrected chi connectivity index (χ2v) is 8.79. The van der Waals surface area contributed by atoms with Crippen LogP contribution in [0.25, 0.3) is 10.9 Å². The number of nitrogens with zero attached hydrogens (tertiary/aromatic N) is 3. The molecule has 2 heterocycles. The number of para-hydroxylation sites is 2. The molecule has 0 amide bonds. The van der Waals surface area contributed by atoms with Crippen molar-refractivity contribution in [2.45, 2.75) is 0 Å². The summed E-state index contributed by atoms with van der Waals surface area (Å²) in [6, 6.07) is 16.8. The fourth-order valence-electron chi connectivity index (χ4n) is 3.67. The van der Waals surface area contributed by atoms with Crippen molar-refractivity contribution in [1.29, 1.82) is 0 Å². The molecule has 39 heavy (non-hydrogen) atoms. The predicted octanol–water partition coefficient (Wildman–Crippen LogP) is 4.04. The normalized spacial score (nSPS) is 11.4. The van der Waals surface area contributed by atoms with Crippen LogP contribution in [0.2, 0.25) is 0 Å². The third-order valence-corrected chi connectivity index (χ3v) is 6.15. The Labute approximate surface area is 227 Å². The van der Waals surface area contributed by atoms with Gasteiger partial charge in [0.2, 0.25) is 0 Å². The molecule has 2 aromatic heterocycles. The first-order chi connectivity index (χ1) is 19.0. The summed E-state index contributed by atoms with van der Waals surface area (Å²) in [5.41, 5.74) is 2.11. The highest BCUT2D eigenvalue weighted by Crippen LogP contribution is 2.36. The van der Waals surface area contributed by atoms with E-state index in [0.717, 1.165) is 0 Å². The van der Waals surface area contributed by atoms with Crippen LogP contribution in [0.5, 0.6) is 5.75 Å². The number of carboxylic acids is 1. The third-order valence-electron chi connectivity index (χ3n) is 5.45. The number of carboxylic acid groups (broad SMARTS) is 1. The number of anilines is 2. The van der Waals surface area contributed by atoms with Gasteiger partial charge >= 0.3 is 5.97 Å². The van der Waals surface area contributed by atoms with Crippen molar-refractivity contribution in [3.63, 3.8) is 0 Å². The average Bonchev–Trinajstić information content (AvgIpc) is 2.95. The zero-order valence-electron chi connectivity index (χ0n) is 20.9. The maximum atomic E-state index is 12.7. The molecule has 4 aromatic rings. The maximum absolute atomic E-state index is 12.7. The Bertz CT molecular complexity index is 1530. The second-order valence-electron chi connectivity index (χ2n) is 7.97. The first kappa shape index (κ1) is 27.7. The lowest BCUT2D eigenvalue weighted by molar-refractivity contribution is 0.0546. The van der Waals surface area contributed by atoms with Crippen molar-refractivity contribution in [3.8, 4) is 17.6 Å². The van der Waals surface area contributed by atoms with E-state index >= 15 is 0 Å². The molecule has 11 heteroatoms. The molecular formula is C28H25N3O7S. The van der Waals surface area contributed by atoms with Crippen LogP contribution in [-0.4, -0.2) is 63.3 Å². The van der Waals surface area contributed by atoms with Gasteiger partial charge in [-0.2, -0.15) is 0 Å². The molecular weight excluding hydrogens is 522 g/mol. The first-order valence-electron chi connectivity index (χ1n) is 11.8. The van der Waals surface area contributed by atoms with E-state index in [0.29, 0.717) is 65.6 Å². The van der Waals surface area contributed by atoms with E-state index in [9.17, 15) is 13.6 Å². The molecule has 0 saturated heterocycles. The van der Waals surface area contributed by atoms with Gasteiger partial charge in [-0.25, -0.2) is 18.3 Å². The lowest BCUT2D eigenvalue weighted by Gasteiger charge is -2.23. The van der Waals surface area contributed by atoms with Crippen molar-refractivity contribution >= 4 is 39.5 Å². The topological polar surface area (TPSA) is 131 Å². The molecule has 0 spiro atoms. The fraction of sp³-hybridized carbons (Fsp3) is 0.179. The minimum Gasteiger partial charge on any atom is -0.490 e. The molecule has 0 bridgehead atoms. The quantitative estimate of drug-likeness (QED) is 0.162.